The van der Waals surface area contributed by atoms with Crippen molar-refractivity contribution in [3.63, 3.8) is 0 Å². The maximum Gasteiger partial charge on any atom is 0.191 e. The van der Waals surface area contributed by atoms with Gasteiger partial charge in [0.25, 0.3) is 0 Å². The second-order valence-corrected chi connectivity index (χ2v) is 7.05. The molecule has 0 saturated heterocycles. The maximum absolute atomic E-state index is 5.21. The van der Waals surface area contributed by atoms with Gasteiger partial charge in [-0.3, -0.25) is 4.99 Å². The zero-order chi connectivity index (χ0) is 16.8. The van der Waals surface area contributed by atoms with E-state index >= 15 is 0 Å². The van der Waals surface area contributed by atoms with Crippen LogP contribution in [0.25, 0.3) is 0 Å². The van der Waals surface area contributed by atoms with Crippen molar-refractivity contribution >= 4 is 5.96 Å². The highest BCUT2D eigenvalue weighted by atomic mass is 16.5. The molecule has 1 fully saturated rings. The van der Waals surface area contributed by atoms with Gasteiger partial charge in [-0.15, -0.1) is 0 Å². The Labute approximate surface area is 140 Å². The average Bonchev–Trinajstić information content (AvgIpc) is 2.86. The minimum atomic E-state index is 0.551. The summed E-state index contributed by atoms with van der Waals surface area (Å²) in [5.74, 6) is 3.52. The fourth-order valence-corrected chi connectivity index (χ4v) is 3.48. The third-order valence-electron chi connectivity index (χ3n) is 5.13. The topological polar surface area (TPSA) is 62.5 Å². The molecule has 23 heavy (non-hydrogen) atoms. The first kappa shape index (κ1) is 17.8. The minimum Gasteiger partial charge on any atom is -0.361 e. The molecule has 1 aromatic rings. The van der Waals surface area contributed by atoms with Crippen molar-refractivity contribution < 1.29 is 4.52 Å². The number of nitrogens with one attached hydrogen (secondary N) is 2. The van der Waals surface area contributed by atoms with Crippen LogP contribution in [0.15, 0.2) is 9.52 Å². The normalized spacial score (nSPS) is 22.4. The summed E-state index contributed by atoms with van der Waals surface area (Å²) >= 11 is 0. The Bertz CT molecular complexity index is 494. The van der Waals surface area contributed by atoms with Crippen LogP contribution < -0.4 is 10.6 Å². The third-order valence-corrected chi connectivity index (χ3v) is 5.13. The number of aliphatic imine (C=N–C) groups is 1. The van der Waals surface area contributed by atoms with Gasteiger partial charge < -0.3 is 15.2 Å². The predicted molar refractivity (Wildman–Crippen MR) is 94.8 cm³/mol. The molecule has 2 rings (SSSR count). The van der Waals surface area contributed by atoms with Gasteiger partial charge in [-0.2, -0.15) is 0 Å². The lowest BCUT2D eigenvalue weighted by atomic mass is 9.80. The van der Waals surface area contributed by atoms with E-state index in [9.17, 15) is 0 Å². The van der Waals surface area contributed by atoms with Crippen LogP contribution in [0.3, 0.4) is 0 Å². The number of hydrogen-bond acceptors (Lipinski definition) is 3. The summed E-state index contributed by atoms with van der Waals surface area (Å²) in [7, 11) is 1.84. The Morgan fingerprint density at radius 3 is 2.48 bits per heavy atom. The van der Waals surface area contributed by atoms with E-state index in [2.05, 4.69) is 34.6 Å². The highest BCUT2D eigenvalue weighted by molar-refractivity contribution is 5.79. The zero-order valence-corrected chi connectivity index (χ0v) is 15.3. The Morgan fingerprint density at radius 1 is 1.26 bits per heavy atom. The number of hydrogen-bond donors (Lipinski definition) is 2. The van der Waals surface area contributed by atoms with E-state index in [4.69, 9.17) is 4.52 Å². The molecular formula is C18H32N4O. The van der Waals surface area contributed by atoms with Crippen molar-refractivity contribution in [3.8, 4) is 0 Å². The molecular weight excluding hydrogens is 288 g/mol. The molecule has 0 bridgehead atoms. The molecule has 130 valence electrons. The predicted octanol–water partition coefficient (Wildman–Crippen LogP) is 3.21. The second-order valence-electron chi connectivity index (χ2n) is 7.05. The van der Waals surface area contributed by atoms with E-state index in [1.807, 2.05) is 20.9 Å². The summed E-state index contributed by atoms with van der Waals surface area (Å²) in [6.07, 6.45) is 6.04. The van der Waals surface area contributed by atoms with Gasteiger partial charge in [-0.05, 0) is 57.8 Å². The van der Waals surface area contributed by atoms with Crippen LogP contribution in [-0.2, 0) is 6.42 Å². The number of aryl methyl sites for hydroxylation is 2. The van der Waals surface area contributed by atoms with Gasteiger partial charge in [0, 0.05) is 25.2 Å². The van der Waals surface area contributed by atoms with Crippen LogP contribution in [0.2, 0.25) is 0 Å². The van der Waals surface area contributed by atoms with Gasteiger partial charge in [0.05, 0.1) is 5.69 Å². The van der Waals surface area contributed by atoms with Gasteiger partial charge in [-0.1, -0.05) is 19.0 Å². The second kappa shape index (κ2) is 8.37. The van der Waals surface area contributed by atoms with Crippen molar-refractivity contribution in [1.29, 1.82) is 0 Å². The lowest BCUT2D eigenvalue weighted by Gasteiger charge is -2.32. The smallest absolute Gasteiger partial charge is 0.191 e. The van der Waals surface area contributed by atoms with Crippen molar-refractivity contribution in [2.45, 2.75) is 65.8 Å². The third kappa shape index (κ3) is 4.98. The summed E-state index contributed by atoms with van der Waals surface area (Å²) in [4.78, 5) is 4.36. The van der Waals surface area contributed by atoms with Crippen molar-refractivity contribution in [3.05, 3.63) is 17.0 Å². The molecule has 0 aromatic carbocycles. The van der Waals surface area contributed by atoms with Gasteiger partial charge in [0.1, 0.15) is 5.76 Å². The van der Waals surface area contributed by atoms with Crippen molar-refractivity contribution in [1.82, 2.24) is 15.8 Å². The SMILES string of the molecule is CN=C(NCCc1c(C)noc1C)NC1CCC(C(C)C)CC1. The van der Waals surface area contributed by atoms with Gasteiger partial charge >= 0.3 is 0 Å². The number of aromatic nitrogens is 1. The van der Waals surface area contributed by atoms with Crippen LogP contribution >= 0.6 is 0 Å². The number of rotatable bonds is 5. The first-order valence-electron chi connectivity index (χ1n) is 8.90. The lowest BCUT2D eigenvalue weighted by Crippen LogP contribution is -2.45. The van der Waals surface area contributed by atoms with E-state index in [1.165, 1.54) is 31.2 Å². The molecule has 0 aliphatic heterocycles. The van der Waals surface area contributed by atoms with E-state index in [0.717, 1.165) is 42.2 Å². The van der Waals surface area contributed by atoms with Crippen LogP contribution in [0, 0.1) is 25.7 Å². The van der Waals surface area contributed by atoms with Gasteiger partial charge in [0.2, 0.25) is 0 Å². The van der Waals surface area contributed by atoms with Crippen molar-refractivity contribution in [2.75, 3.05) is 13.6 Å². The Morgan fingerprint density at radius 2 is 1.96 bits per heavy atom. The molecule has 0 spiro atoms. The minimum absolute atomic E-state index is 0.551. The van der Waals surface area contributed by atoms with E-state index < -0.39 is 0 Å². The van der Waals surface area contributed by atoms with E-state index in [0.29, 0.717) is 6.04 Å². The summed E-state index contributed by atoms with van der Waals surface area (Å²) in [5.41, 5.74) is 2.18. The van der Waals surface area contributed by atoms with E-state index in [-0.39, 0.29) is 0 Å². The lowest BCUT2D eigenvalue weighted by molar-refractivity contribution is 0.250. The molecule has 0 atom stereocenters. The number of guanidine groups is 1. The molecule has 0 amide bonds. The van der Waals surface area contributed by atoms with E-state index in [1.54, 1.807) is 0 Å². The quantitative estimate of drug-likeness (QED) is 0.646. The largest absolute Gasteiger partial charge is 0.361 e. The first-order chi connectivity index (χ1) is 11.0. The Balaban J connectivity index is 1.74. The van der Waals surface area contributed by atoms with Gasteiger partial charge in [0.15, 0.2) is 5.96 Å². The number of nitrogens with zero attached hydrogens (tertiary/aromatic N) is 2. The molecule has 0 unspecified atom stereocenters. The fraction of sp³-hybridized carbons (Fsp3) is 0.778. The van der Waals surface area contributed by atoms with Crippen LogP contribution in [0.4, 0.5) is 0 Å². The van der Waals surface area contributed by atoms with Crippen LogP contribution in [-0.4, -0.2) is 30.8 Å². The first-order valence-corrected chi connectivity index (χ1v) is 8.90. The Hall–Kier alpha value is -1.52. The standard InChI is InChI=1S/C18H32N4O/c1-12(2)15-6-8-16(9-7-15)21-18(19-5)20-11-10-17-13(3)22-23-14(17)4/h12,15-16H,6-11H2,1-5H3,(H2,19,20,21). The molecule has 1 aromatic heterocycles. The molecule has 2 N–H and O–H groups in total. The zero-order valence-electron chi connectivity index (χ0n) is 15.3. The molecule has 1 aliphatic rings. The Kier molecular flexibility index (Phi) is 6.48. The summed E-state index contributed by atoms with van der Waals surface area (Å²) < 4.78 is 5.21. The highest BCUT2D eigenvalue weighted by Gasteiger charge is 2.23. The van der Waals surface area contributed by atoms with Crippen LogP contribution in [0.1, 0.15) is 56.5 Å². The van der Waals surface area contributed by atoms with Gasteiger partial charge in [-0.25, -0.2) is 0 Å². The maximum atomic E-state index is 5.21. The highest BCUT2D eigenvalue weighted by Crippen LogP contribution is 2.29. The summed E-state index contributed by atoms with van der Waals surface area (Å²) in [6, 6.07) is 0.551. The van der Waals surface area contributed by atoms with Crippen molar-refractivity contribution in [2.24, 2.45) is 16.8 Å². The van der Waals surface area contributed by atoms with Crippen LogP contribution in [0.5, 0.6) is 0 Å². The summed E-state index contributed by atoms with van der Waals surface area (Å²) in [5, 5.41) is 11.0. The average molecular weight is 320 g/mol. The fourth-order valence-electron chi connectivity index (χ4n) is 3.48. The molecule has 1 saturated carbocycles. The monoisotopic (exact) mass is 320 g/mol. The molecule has 0 radical (unpaired) electrons. The molecule has 1 aliphatic carbocycles. The molecule has 5 heteroatoms. The molecule has 1 heterocycles. The summed E-state index contributed by atoms with van der Waals surface area (Å²) in [6.45, 7) is 9.48. The molecule has 5 nitrogen and oxygen atoms in total.